The minimum absolute atomic E-state index is 0.107. The molecule has 4 aliphatic carbocycles. The van der Waals surface area contributed by atoms with Gasteiger partial charge in [0.05, 0.1) is 16.2 Å². The molecule has 3 saturated carbocycles. The zero-order valence-electron chi connectivity index (χ0n) is 25.7. The fourth-order valence-corrected chi connectivity index (χ4v) is 8.84. The average Bonchev–Trinajstić information content (AvgIpc) is 3.29. The molecule has 6 atom stereocenters. The molecule has 0 bridgehead atoms. The second-order valence-corrected chi connectivity index (χ2v) is 14.4. The molecule has 3 amide bonds. The van der Waals surface area contributed by atoms with Gasteiger partial charge in [-0.15, -0.1) is 0 Å². The monoisotopic (exact) mass is 619 g/mol. The fourth-order valence-electron chi connectivity index (χ4n) is 8.84. The number of allylic oxidation sites excluding steroid dienone is 1. The molecule has 240 valence electrons. The number of amides is 3. The van der Waals surface area contributed by atoms with Crippen molar-refractivity contribution in [3.05, 3.63) is 45.5 Å². The molecule has 4 fully saturated rings. The third kappa shape index (κ3) is 5.02. The molecule has 0 aromatic heterocycles. The summed E-state index contributed by atoms with van der Waals surface area (Å²) < 4.78 is 38.7. The van der Waals surface area contributed by atoms with Crippen LogP contribution in [0.5, 0.6) is 0 Å². The number of nitrogens with zero attached hydrogens (tertiary/aromatic N) is 2. The minimum atomic E-state index is -4.99. The number of urea groups is 1. The summed E-state index contributed by atoms with van der Waals surface area (Å²) in [5, 5.41) is 23.9. The van der Waals surface area contributed by atoms with Gasteiger partial charge in [0.1, 0.15) is 11.1 Å². The van der Waals surface area contributed by atoms with E-state index in [0.717, 1.165) is 50.0 Å². The van der Waals surface area contributed by atoms with Gasteiger partial charge in [0.2, 0.25) is 0 Å². The first-order chi connectivity index (χ1) is 20.2. The molecular formula is C32H40F3N3O6. The van der Waals surface area contributed by atoms with Crippen LogP contribution in [0.25, 0.3) is 0 Å². The van der Waals surface area contributed by atoms with Crippen LogP contribution in [-0.4, -0.2) is 38.9 Å². The van der Waals surface area contributed by atoms with E-state index in [0.29, 0.717) is 28.7 Å². The second kappa shape index (κ2) is 10.4. The third-order valence-corrected chi connectivity index (χ3v) is 11.6. The number of anilines is 1. The Kier molecular flexibility index (Phi) is 7.58. The molecule has 5 aliphatic rings. The van der Waals surface area contributed by atoms with Crippen LogP contribution in [0.15, 0.2) is 29.8 Å². The van der Waals surface area contributed by atoms with Crippen molar-refractivity contribution in [1.29, 1.82) is 0 Å². The largest absolute Gasteiger partial charge is 0.423 e. The normalized spacial score (nSPS) is 35.9. The molecule has 9 nitrogen and oxygen atoms in total. The predicted molar refractivity (Wildman–Crippen MR) is 156 cm³/mol. The van der Waals surface area contributed by atoms with Crippen molar-refractivity contribution >= 4 is 29.1 Å². The van der Waals surface area contributed by atoms with Gasteiger partial charge in [0.25, 0.3) is 11.6 Å². The first-order valence-corrected chi connectivity index (χ1v) is 15.2. The van der Waals surface area contributed by atoms with E-state index in [1.54, 1.807) is 0 Å². The van der Waals surface area contributed by atoms with Crippen molar-refractivity contribution in [2.24, 2.45) is 28.6 Å². The molecule has 12 heteroatoms. The molecule has 1 aliphatic heterocycles. The number of rotatable bonds is 2. The number of alkyl halides is 3. The Balaban J connectivity index is 0.000000175. The smallest absolute Gasteiger partial charge is 0.390 e. The maximum Gasteiger partial charge on any atom is 0.423 e. The van der Waals surface area contributed by atoms with Crippen molar-refractivity contribution in [2.45, 2.75) is 103 Å². The van der Waals surface area contributed by atoms with E-state index in [1.165, 1.54) is 38.7 Å². The van der Waals surface area contributed by atoms with Crippen molar-refractivity contribution < 1.29 is 37.6 Å². The van der Waals surface area contributed by atoms with Crippen LogP contribution >= 0.6 is 0 Å². The Morgan fingerprint density at radius 2 is 1.64 bits per heavy atom. The number of halogens is 3. The number of hydrogen-bond donors (Lipinski definition) is 2. The Morgan fingerprint density at radius 3 is 2.23 bits per heavy atom. The van der Waals surface area contributed by atoms with Gasteiger partial charge in [0, 0.05) is 12.5 Å². The van der Waals surface area contributed by atoms with E-state index in [2.05, 4.69) is 26.1 Å². The van der Waals surface area contributed by atoms with Crippen molar-refractivity contribution in [3.63, 3.8) is 0 Å². The molecule has 0 radical (unpaired) electrons. The second-order valence-electron chi connectivity index (χ2n) is 14.4. The average molecular weight is 620 g/mol. The van der Waals surface area contributed by atoms with E-state index in [9.17, 15) is 42.8 Å². The van der Waals surface area contributed by atoms with E-state index in [1.807, 2.05) is 6.08 Å². The lowest BCUT2D eigenvalue weighted by molar-refractivity contribution is -0.388. The number of nitro groups is 1. The van der Waals surface area contributed by atoms with Crippen molar-refractivity contribution in [1.82, 2.24) is 5.32 Å². The number of nitro benzene ring substituents is 1. The maximum absolute atomic E-state index is 12.9. The van der Waals surface area contributed by atoms with Gasteiger partial charge >= 0.3 is 12.2 Å². The van der Waals surface area contributed by atoms with Gasteiger partial charge in [-0.25, -0.2) is 9.69 Å². The van der Waals surface area contributed by atoms with E-state index < -0.39 is 45.4 Å². The highest BCUT2D eigenvalue weighted by Gasteiger charge is 2.62. The Morgan fingerprint density at radius 1 is 0.977 bits per heavy atom. The summed E-state index contributed by atoms with van der Waals surface area (Å²) in [6, 6.07) is 1.06. The summed E-state index contributed by atoms with van der Waals surface area (Å²) in [5.74, 6) is 1.75. The Hall–Kier alpha value is -3.28. The summed E-state index contributed by atoms with van der Waals surface area (Å²) in [6.45, 7) is 9.63. The quantitative estimate of drug-likeness (QED) is 0.215. The number of imide groups is 1. The molecule has 1 heterocycles. The number of fused-ring (bicyclic) bond motifs is 5. The highest BCUT2D eigenvalue weighted by molar-refractivity contribution is 6.23. The number of aliphatic hydroxyl groups is 1. The Bertz CT molecular complexity index is 1450. The number of hydrogen-bond acceptors (Lipinski definition) is 6. The predicted octanol–water partition coefficient (Wildman–Crippen LogP) is 6.72. The van der Waals surface area contributed by atoms with Crippen LogP contribution in [0, 0.1) is 38.7 Å². The maximum atomic E-state index is 12.9. The Labute approximate surface area is 254 Å². The van der Waals surface area contributed by atoms with Gasteiger partial charge < -0.3 is 10.4 Å². The third-order valence-electron chi connectivity index (χ3n) is 11.6. The van der Waals surface area contributed by atoms with Gasteiger partial charge in [0.15, 0.2) is 5.78 Å². The number of benzene rings is 1. The molecule has 1 aromatic carbocycles. The standard InChI is InChI=1S/C20H30O2.C12H10F3N3O4/c1-18-9-6-14(21)12-13(18)4-5-15-16(18)7-10-19(2)17(15)8-11-20(19,3)22;1-11(2)9(19)17(10(20)16-11)6-3-4-8(18(21)22)7(5-6)12(13,14)15/h12,15-17,22H,4-11H2,1-3H3;3-5H,1-2H3,(H,16,20)/t15-,16+,17+,18+,19+,20+;/m1./s1. The molecule has 6 rings (SSSR count). The SMILES string of the molecule is CC1(C)NC(=O)N(c2ccc([N+](=O)[O-])c(C(F)(F)F)c2)C1=O.C[C@]12CCC(=O)C=C1CC[C@@H]1[C@@H]2CC[C@@]2(C)[C@H]1CC[C@]2(C)O. The van der Waals surface area contributed by atoms with Crippen molar-refractivity contribution in [2.75, 3.05) is 4.90 Å². The van der Waals surface area contributed by atoms with E-state index >= 15 is 0 Å². The van der Waals surface area contributed by atoms with Gasteiger partial charge in [-0.2, -0.15) is 13.2 Å². The molecule has 0 unspecified atom stereocenters. The molecular weight excluding hydrogens is 579 g/mol. The zero-order chi connectivity index (χ0) is 32.6. The summed E-state index contributed by atoms with van der Waals surface area (Å²) >= 11 is 0. The highest BCUT2D eigenvalue weighted by atomic mass is 19.4. The summed E-state index contributed by atoms with van der Waals surface area (Å²) in [4.78, 5) is 45.7. The summed E-state index contributed by atoms with van der Waals surface area (Å²) in [5.41, 5.74) is -3.00. The number of nitrogens with one attached hydrogen (secondary N) is 1. The topological polar surface area (TPSA) is 130 Å². The van der Waals surface area contributed by atoms with Crippen LogP contribution in [-0.2, 0) is 15.8 Å². The lowest BCUT2D eigenvalue weighted by Crippen LogP contribution is -2.53. The van der Waals surface area contributed by atoms with Gasteiger partial charge in [-0.05, 0) is 113 Å². The minimum Gasteiger partial charge on any atom is -0.390 e. The highest BCUT2D eigenvalue weighted by Crippen LogP contribution is 2.67. The molecule has 1 aromatic rings. The van der Waals surface area contributed by atoms with Crippen LogP contribution in [0.1, 0.15) is 91.5 Å². The molecule has 0 spiro atoms. The first kappa shape index (κ1) is 32.1. The summed E-state index contributed by atoms with van der Waals surface area (Å²) in [6.07, 6.45) is 5.67. The number of carbonyl (C=O) groups excluding carboxylic acids is 3. The van der Waals surface area contributed by atoms with E-state index in [-0.39, 0.29) is 16.5 Å². The van der Waals surface area contributed by atoms with Crippen LogP contribution in [0.2, 0.25) is 0 Å². The van der Waals surface area contributed by atoms with E-state index in [4.69, 9.17) is 0 Å². The molecule has 44 heavy (non-hydrogen) atoms. The van der Waals surface area contributed by atoms with Gasteiger partial charge in [-0.3, -0.25) is 19.7 Å². The number of ketones is 1. The van der Waals surface area contributed by atoms with Crippen LogP contribution in [0.4, 0.5) is 29.3 Å². The lowest BCUT2D eigenvalue weighted by Gasteiger charge is -2.58. The lowest BCUT2D eigenvalue weighted by atomic mass is 9.46. The summed E-state index contributed by atoms with van der Waals surface area (Å²) in [7, 11) is 0. The number of carbonyl (C=O) groups is 3. The van der Waals surface area contributed by atoms with Crippen molar-refractivity contribution in [3.8, 4) is 0 Å². The van der Waals surface area contributed by atoms with Gasteiger partial charge in [-0.1, -0.05) is 19.4 Å². The van der Waals surface area contributed by atoms with Crippen LogP contribution in [0.3, 0.4) is 0 Å². The van der Waals surface area contributed by atoms with Crippen LogP contribution < -0.4 is 10.2 Å². The first-order valence-electron chi connectivity index (χ1n) is 15.2. The fraction of sp³-hybridized carbons (Fsp3) is 0.656. The molecule has 2 N–H and O–H groups in total. The zero-order valence-corrected chi connectivity index (χ0v) is 25.7. The molecule has 1 saturated heterocycles.